The van der Waals surface area contributed by atoms with Crippen LogP contribution in [0.3, 0.4) is 0 Å². The Labute approximate surface area is 288 Å². The highest BCUT2D eigenvalue weighted by atomic mass is 16.6. The molecule has 1 atom stereocenters. The maximum atomic E-state index is 13.4. The van der Waals surface area contributed by atoms with Crippen LogP contribution in [0.25, 0.3) is 0 Å². The zero-order chi connectivity index (χ0) is 37.3. The number of hydrogen-bond acceptors (Lipinski definition) is 12. The van der Waals surface area contributed by atoms with E-state index in [1.807, 2.05) is 0 Å². The van der Waals surface area contributed by atoms with Crippen LogP contribution in [-0.2, 0) is 35.0 Å². The van der Waals surface area contributed by atoms with Crippen molar-refractivity contribution in [2.75, 3.05) is 0 Å². The van der Waals surface area contributed by atoms with E-state index in [2.05, 4.69) is 10.5 Å². The molecular formula is C36H38N2O12. The van der Waals surface area contributed by atoms with Crippen LogP contribution >= 0.6 is 0 Å². The Morgan fingerprint density at radius 1 is 0.640 bits per heavy atom. The van der Waals surface area contributed by atoms with E-state index in [-0.39, 0.29) is 34.6 Å². The number of alkyl carbamates (subject to hydrolysis) is 1. The minimum atomic E-state index is -1.87. The van der Waals surface area contributed by atoms with E-state index in [1.165, 1.54) is 70.2 Å². The second kappa shape index (κ2) is 16.0. The molecular weight excluding hydrogens is 652 g/mol. The summed E-state index contributed by atoms with van der Waals surface area (Å²) < 4.78 is 27.1. The number of esters is 4. The summed E-state index contributed by atoms with van der Waals surface area (Å²) in [5.74, 6) is -5.67. The van der Waals surface area contributed by atoms with Crippen LogP contribution in [0.4, 0.5) is 4.79 Å². The predicted octanol–water partition coefficient (Wildman–Crippen LogP) is 5.50. The minimum absolute atomic E-state index is 0.175. The molecule has 14 heteroatoms. The summed E-state index contributed by atoms with van der Waals surface area (Å²) in [5.41, 5.74) is -4.05. The van der Waals surface area contributed by atoms with E-state index in [0.29, 0.717) is 0 Å². The highest BCUT2D eigenvalue weighted by Gasteiger charge is 2.38. The van der Waals surface area contributed by atoms with Crippen molar-refractivity contribution in [3.05, 3.63) is 100 Å². The van der Waals surface area contributed by atoms with Gasteiger partial charge in [0, 0.05) is 11.6 Å². The lowest BCUT2D eigenvalue weighted by Crippen LogP contribution is -2.44. The number of ether oxygens (including phenoxy) is 5. The largest absolute Gasteiger partial charge is 0.444 e. The molecule has 0 aliphatic rings. The molecule has 264 valence electrons. The highest BCUT2D eigenvalue weighted by Crippen LogP contribution is 2.32. The molecule has 0 aliphatic carbocycles. The Balaban J connectivity index is 1.93. The molecule has 3 aromatic rings. The molecule has 3 aromatic carbocycles. The van der Waals surface area contributed by atoms with Crippen LogP contribution in [0.2, 0.25) is 0 Å². The van der Waals surface area contributed by atoms with Crippen LogP contribution in [0.1, 0.15) is 74.7 Å². The van der Waals surface area contributed by atoms with Gasteiger partial charge in [0.15, 0.2) is 11.5 Å². The molecule has 0 aliphatic heterocycles. The molecule has 0 saturated heterocycles. The van der Waals surface area contributed by atoms with E-state index < -0.39 is 58.7 Å². The van der Waals surface area contributed by atoms with Crippen molar-refractivity contribution in [2.24, 2.45) is 5.18 Å². The van der Waals surface area contributed by atoms with E-state index in [0.717, 1.165) is 0 Å². The summed E-state index contributed by atoms with van der Waals surface area (Å²) in [6.45, 7) is 9.97. The smallest absolute Gasteiger partial charge is 0.408 e. The number of hydrogen-bond donors (Lipinski definition) is 1. The third kappa shape index (κ3) is 11.1. The standard InChI is InChI=1S/C36H38N2O12/c1-34(2,3)50-33(44)37-25(28(39)38-45)20-22-18-19-26(46-31(42)35(4,5)48-29(40)23-14-10-8-11-15-23)27(21-22)47-32(43)36(6,7)49-30(41)24-16-12-9-13-17-24/h8-19,21,25H,20H2,1-7H3,(H,37,44)/t25-/m0/s1. The number of rotatable bonds is 12. The van der Waals surface area contributed by atoms with Gasteiger partial charge in [-0.25, -0.2) is 24.0 Å². The Bertz CT molecular complexity index is 1750. The molecule has 3 rings (SSSR count). The van der Waals surface area contributed by atoms with E-state index in [9.17, 15) is 33.7 Å². The molecule has 0 aromatic heterocycles. The van der Waals surface area contributed by atoms with Crippen molar-refractivity contribution in [3.8, 4) is 11.5 Å². The van der Waals surface area contributed by atoms with Gasteiger partial charge >= 0.3 is 35.9 Å². The average molecular weight is 691 g/mol. The molecule has 0 heterocycles. The Morgan fingerprint density at radius 3 is 1.54 bits per heavy atom. The first kappa shape index (κ1) is 38.5. The molecule has 0 saturated carbocycles. The lowest BCUT2D eigenvalue weighted by atomic mass is 10.0. The van der Waals surface area contributed by atoms with Gasteiger partial charge < -0.3 is 29.0 Å². The van der Waals surface area contributed by atoms with Gasteiger partial charge in [0.05, 0.1) is 11.1 Å². The van der Waals surface area contributed by atoms with Crippen molar-refractivity contribution in [1.29, 1.82) is 0 Å². The third-order valence-electron chi connectivity index (χ3n) is 6.63. The zero-order valence-corrected chi connectivity index (χ0v) is 28.6. The maximum absolute atomic E-state index is 13.4. The fourth-order valence-electron chi connectivity index (χ4n) is 4.05. The monoisotopic (exact) mass is 690 g/mol. The van der Waals surface area contributed by atoms with Crippen molar-refractivity contribution < 1.29 is 52.5 Å². The van der Waals surface area contributed by atoms with Gasteiger partial charge in [-0.15, -0.1) is 4.91 Å². The Kier molecular flexibility index (Phi) is 12.3. The topological polar surface area (TPSA) is 190 Å². The molecule has 0 bridgehead atoms. The number of benzene rings is 3. The molecule has 0 spiro atoms. The van der Waals surface area contributed by atoms with Gasteiger partial charge in [-0.05, 0) is 90.4 Å². The van der Waals surface area contributed by atoms with Crippen LogP contribution in [0.5, 0.6) is 11.5 Å². The summed E-state index contributed by atoms with van der Waals surface area (Å²) in [7, 11) is 0. The highest BCUT2D eigenvalue weighted by molar-refractivity contribution is 5.94. The van der Waals surface area contributed by atoms with Crippen molar-refractivity contribution >= 4 is 35.9 Å². The summed E-state index contributed by atoms with van der Waals surface area (Å²) in [6, 6.07) is 18.2. The summed E-state index contributed by atoms with van der Waals surface area (Å²) in [6.07, 6.45) is -1.33. The lowest BCUT2D eigenvalue weighted by Gasteiger charge is -2.25. The Hall–Kier alpha value is -5.92. The number of nitroso groups, excluding NO2 is 1. The van der Waals surface area contributed by atoms with E-state index in [1.54, 1.807) is 57.2 Å². The predicted molar refractivity (Wildman–Crippen MR) is 177 cm³/mol. The van der Waals surface area contributed by atoms with Gasteiger partial charge in [-0.3, -0.25) is 4.79 Å². The summed E-state index contributed by atoms with van der Waals surface area (Å²) >= 11 is 0. The number of carbonyl (C=O) groups excluding carboxylic acids is 6. The minimum Gasteiger partial charge on any atom is -0.444 e. The normalized spacial score (nSPS) is 12.1. The number of amides is 2. The molecule has 1 N–H and O–H groups in total. The van der Waals surface area contributed by atoms with Gasteiger partial charge in [-0.2, -0.15) is 0 Å². The SMILES string of the molecule is CC(C)(C)OC(=O)N[C@@H](Cc1ccc(OC(=O)C(C)(C)OC(=O)c2ccccc2)c(OC(=O)C(C)(C)OC(=O)c2ccccc2)c1)C(=O)N=O. The first-order chi connectivity index (χ1) is 23.3. The summed E-state index contributed by atoms with van der Waals surface area (Å²) in [4.78, 5) is 88.0. The first-order valence-electron chi connectivity index (χ1n) is 15.3. The van der Waals surface area contributed by atoms with E-state index in [4.69, 9.17) is 23.7 Å². The van der Waals surface area contributed by atoms with Crippen LogP contribution in [0.15, 0.2) is 84.0 Å². The average Bonchev–Trinajstić information content (AvgIpc) is 3.04. The van der Waals surface area contributed by atoms with Gasteiger partial charge in [-0.1, -0.05) is 42.5 Å². The summed E-state index contributed by atoms with van der Waals surface area (Å²) in [5, 5.41) is 4.71. The fourth-order valence-corrected chi connectivity index (χ4v) is 4.05. The van der Waals surface area contributed by atoms with Gasteiger partial charge in [0.2, 0.25) is 11.2 Å². The first-order valence-corrected chi connectivity index (χ1v) is 15.3. The molecule has 50 heavy (non-hydrogen) atoms. The number of carbonyl (C=O) groups is 6. The van der Waals surface area contributed by atoms with Crippen molar-refractivity contribution in [2.45, 2.75) is 77.7 Å². The van der Waals surface area contributed by atoms with Crippen LogP contribution in [-0.4, -0.2) is 58.7 Å². The zero-order valence-electron chi connectivity index (χ0n) is 28.6. The molecule has 2 amide bonds. The number of nitrogens with one attached hydrogen (secondary N) is 1. The van der Waals surface area contributed by atoms with Gasteiger partial charge in [0.25, 0.3) is 0 Å². The van der Waals surface area contributed by atoms with Crippen molar-refractivity contribution in [3.63, 3.8) is 0 Å². The molecule has 14 nitrogen and oxygen atoms in total. The third-order valence-corrected chi connectivity index (χ3v) is 6.63. The molecule has 0 radical (unpaired) electrons. The van der Waals surface area contributed by atoms with Crippen molar-refractivity contribution in [1.82, 2.24) is 5.32 Å². The lowest BCUT2D eigenvalue weighted by molar-refractivity contribution is -0.155. The molecule has 0 fully saturated rings. The van der Waals surface area contributed by atoms with Crippen LogP contribution in [0, 0.1) is 4.91 Å². The number of nitrogens with zero attached hydrogens (tertiary/aromatic N) is 1. The van der Waals surface area contributed by atoms with Crippen LogP contribution < -0.4 is 14.8 Å². The van der Waals surface area contributed by atoms with Gasteiger partial charge in [0.1, 0.15) is 11.6 Å². The fraction of sp³-hybridized carbons (Fsp3) is 0.333. The van der Waals surface area contributed by atoms with E-state index >= 15 is 0 Å². The second-order valence-corrected chi connectivity index (χ2v) is 12.9. The quantitative estimate of drug-likeness (QED) is 0.109. The maximum Gasteiger partial charge on any atom is 0.408 e. The second-order valence-electron chi connectivity index (χ2n) is 12.9. The Morgan fingerprint density at radius 2 is 1.10 bits per heavy atom. The molecule has 0 unspecified atom stereocenters.